The van der Waals surface area contributed by atoms with Crippen molar-refractivity contribution in [3.8, 4) is 11.5 Å². The molecule has 0 aromatic heterocycles. The first-order valence-corrected chi connectivity index (χ1v) is 7.26. The third-order valence-corrected chi connectivity index (χ3v) is 3.66. The van der Waals surface area contributed by atoms with Crippen LogP contribution in [0, 0.1) is 5.82 Å². The van der Waals surface area contributed by atoms with Gasteiger partial charge in [0, 0.05) is 0 Å². The summed E-state index contributed by atoms with van der Waals surface area (Å²) in [7, 11) is 1.59. The molecule has 0 bridgehead atoms. The van der Waals surface area contributed by atoms with E-state index in [2.05, 4.69) is 15.9 Å². The van der Waals surface area contributed by atoms with E-state index in [4.69, 9.17) is 27.4 Å². The molecule has 2 aromatic rings. The highest BCUT2D eigenvalue weighted by Crippen LogP contribution is 2.27. The molecule has 0 radical (unpaired) electrons. The van der Waals surface area contributed by atoms with Crippen LogP contribution in [-0.2, 0) is 6.61 Å². The van der Waals surface area contributed by atoms with Gasteiger partial charge in [-0.25, -0.2) is 4.39 Å². The van der Waals surface area contributed by atoms with Gasteiger partial charge in [-0.3, -0.25) is 0 Å². The molecular weight excluding hydrogens is 357 g/mol. The minimum atomic E-state index is -0.490. The van der Waals surface area contributed by atoms with Crippen LogP contribution in [0.15, 0.2) is 40.9 Å². The van der Waals surface area contributed by atoms with E-state index in [0.29, 0.717) is 5.75 Å². The smallest absolute Gasteiger partial charge is 0.137 e. The summed E-state index contributed by atoms with van der Waals surface area (Å²) in [5.74, 6) is 0.568. The molecule has 0 aliphatic heterocycles. The first-order chi connectivity index (χ1) is 10.0. The Morgan fingerprint density at radius 3 is 2.67 bits per heavy atom. The summed E-state index contributed by atoms with van der Waals surface area (Å²) in [6, 6.07) is 10.0. The molecule has 0 atom stereocenters. The van der Waals surface area contributed by atoms with Crippen LogP contribution in [0.2, 0.25) is 0 Å². The molecule has 0 fully saturated rings. The Balaban J connectivity index is 2.19. The standard InChI is InChI=1S/C15H13BrFNO2S/c1-19-12-6-5-9(7-10(12)16)8-20-13-4-2-3-11(17)14(13)15(18)21/h2-7H,8H2,1H3,(H2,18,21). The van der Waals surface area contributed by atoms with Crippen LogP contribution in [0.1, 0.15) is 11.1 Å². The Hall–Kier alpha value is -1.66. The monoisotopic (exact) mass is 369 g/mol. The van der Waals surface area contributed by atoms with Gasteiger partial charge in [0.1, 0.15) is 28.9 Å². The van der Waals surface area contributed by atoms with Gasteiger partial charge < -0.3 is 15.2 Å². The molecule has 0 aliphatic carbocycles. The van der Waals surface area contributed by atoms with Crippen molar-refractivity contribution < 1.29 is 13.9 Å². The lowest BCUT2D eigenvalue weighted by molar-refractivity contribution is 0.303. The van der Waals surface area contributed by atoms with Crippen molar-refractivity contribution in [2.75, 3.05) is 7.11 Å². The van der Waals surface area contributed by atoms with E-state index in [1.807, 2.05) is 18.2 Å². The first-order valence-electron chi connectivity index (χ1n) is 6.06. The molecule has 3 nitrogen and oxygen atoms in total. The molecular formula is C15H13BrFNO2S. The topological polar surface area (TPSA) is 44.5 Å². The summed E-state index contributed by atoms with van der Waals surface area (Å²) in [5, 5.41) is 0. The highest BCUT2D eigenvalue weighted by Gasteiger charge is 2.12. The molecule has 2 N–H and O–H groups in total. The van der Waals surface area contributed by atoms with E-state index >= 15 is 0 Å². The van der Waals surface area contributed by atoms with Crippen LogP contribution in [-0.4, -0.2) is 12.1 Å². The zero-order chi connectivity index (χ0) is 15.4. The molecule has 0 aliphatic rings. The normalized spacial score (nSPS) is 10.2. The minimum Gasteiger partial charge on any atom is -0.496 e. The van der Waals surface area contributed by atoms with E-state index in [9.17, 15) is 4.39 Å². The van der Waals surface area contributed by atoms with Crippen LogP contribution in [0.5, 0.6) is 11.5 Å². The maximum Gasteiger partial charge on any atom is 0.137 e. The molecule has 6 heteroatoms. The number of halogens is 2. The average Bonchev–Trinajstić information content (AvgIpc) is 2.44. The van der Waals surface area contributed by atoms with Crippen molar-refractivity contribution in [1.29, 1.82) is 0 Å². The van der Waals surface area contributed by atoms with Crippen LogP contribution >= 0.6 is 28.1 Å². The molecule has 2 aromatic carbocycles. The van der Waals surface area contributed by atoms with Gasteiger partial charge in [-0.1, -0.05) is 24.4 Å². The highest BCUT2D eigenvalue weighted by atomic mass is 79.9. The number of ether oxygens (including phenoxy) is 2. The summed E-state index contributed by atoms with van der Waals surface area (Å²) in [4.78, 5) is -0.0287. The number of hydrogen-bond acceptors (Lipinski definition) is 3. The third-order valence-electron chi connectivity index (χ3n) is 2.83. The zero-order valence-corrected chi connectivity index (χ0v) is 13.6. The molecule has 0 unspecified atom stereocenters. The molecule has 0 amide bonds. The fourth-order valence-electron chi connectivity index (χ4n) is 1.82. The number of benzene rings is 2. The van der Waals surface area contributed by atoms with Crippen molar-refractivity contribution >= 4 is 33.1 Å². The van der Waals surface area contributed by atoms with E-state index in [0.717, 1.165) is 15.8 Å². The molecule has 0 saturated carbocycles. The van der Waals surface area contributed by atoms with Gasteiger partial charge in [-0.15, -0.1) is 0 Å². The van der Waals surface area contributed by atoms with Crippen LogP contribution in [0.3, 0.4) is 0 Å². The van der Waals surface area contributed by atoms with Gasteiger partial charge in [0.2, 0.25) is 0 Å². The van der Waals surface area contributed by atoms with Gasteiger partial charge in [-0.2, -0.15) is 0 Å². The lowest BCUT2D eigenvalue weighted by Gasteiger charge is -2.12. The SMILES string of the molecule is COc1ccc(COc2cccc(F)c2C(N)=S)cc1Br. The minimum absolute atomic E-state index is 0.0287. The predicted octanol–water partition coefficient (Wildman–Crippen LogP) is 3.81. The Bertz CT molecular complexity index is 679. The second-order valence-electron chi connectivity index (χ2n) is 4.23. The molecule has 0 heterocycles. The molecule has 21 heavy (non-hydrogen) atoms. The van der Waals surface area contributed by atoms with Crippen molar-refractivity contribution in [1.82, 2.24) is 0 Å². The molecule has 0 saturated heterocycles. The summed E-state index contributed by atoms with van der Waals surface area (Å²) in [6.07, 6.45) is 0. The van der Waals surface area contributed by atoms with Crippen molar-refractivity contribution in [3.05, 3.63) is 57.8 Å². The Kier molecular flexibility index (Phi) is 5.14. The summed E-state index contributed by atoms with van der Waals surface area (Å²) in [6.45, 7) is 0.266. The van der Waals surface area contributed by atoms with E-state index < -0.39 is 5.82 Å². The number of rotatable bonds is 5. The van der Waals surface area contributed by atoms with Crippen molar-refractivity contribution in [2.45, 2.75) is 6.61 Å². The van der Waals surface area contributed by atoms with Gasteiger partial charge >= 0.3 is 0 Å². The fraction of sp³-hybridized carbons (Fsp3) is 0.133. The largest absolute Gasteiger partial charge is 0.496 e. The van der Waals surface area contributed by atoms with E-state index in [1.54, 1.807) is 19.2 Å². The first kappa shape index (κ1) is 15.7. The maximum absolute atomic E-state index is 13.7. The number of thiocarbonyl (C=S) groups is 1. The van der Waals surface area contributed by atoms with Crippen molar-refractivity contribution in [3.63, 3.8) is 0 Å². The fourth-order valence-corrected chi connectivity index (χ4v) is 2.61. The summed E-state index contributed by atoms with van der Waals surface area (Å²) < 4.78 is 25.3. The van der Waals surface area contributed by atoms with Crippen LogP contribution < -0.4 is 15.2 Å². The number of nitrogens with two attached hydrogens (primary N) is 1. The number of methoxy groups -OCH3 is 1. The predicted molar refractivity (Wildman–Crippen MR) is 87.3 cm³/mol. The van der Waals surface area contributed by atoms with Crippen molar-refractivity contribution in [2.24, 2.45) is 5.73 Å². The summed E-state index contributed by atoms with van der Waals surface area (Å²) >= 11 is 8.26. The zero-order valence-electron chi connectivity index (χ0n) is 11.2. The van der Waals surface area contributed by atoms with Gasteiger partial charge in [0.25, 0.3) is 0 Å². The second-order valence-corrected chi connectivity index (χ2v) is 5.53. The Morgan fingerprint density at radius 2 is 2.05 bits per heavy atom. The van der Waals surface area contributed by atoms with E-state index in [-0.39, 0.29) is 17.2 Å². The lowest BCUT2D eigenvalue weighted by Crippen LogP contribution is -2.14. The van der Waals surface area contributed by atoms with Gasteiger partial charge in [0.15, 0.2) is 0 Å². The quantitative estimate of drug-likeness (QED) is 0.813. The van der Waals surface area contributed by atoms with Crippen LogP contribution in [0.4, 0.5) is 4.39 Å². The Labute approximate surface area is 136 Å². The average molecular weight is 370 g/mol. The second kappa shape index (κ2) is 6.87. The van der Waals surface area contributed by atoms with Crippen LogP contribution in [0.25, 0.3) is 0 Å². The van der Waals surface area contributed by atoms with E-state index in [1.165, 1.54) is 6.07 Å². The summed E-state index contributed by atoms with van der Waals surface area (Å²) in [5.41, 5.74) is 6.56. The lowest BCUT2D eigenvalue weighted by atomic mass is 10.2. The highest BCUT2D eigenvalue weighted by molar-refractivity contribution is 9.10. The molecule has 0 spiro atoms. The molecule has 2 rings (SSSR count). The Morgan fingerprint density at radius 1 is 1.29 bits per heavy atom. The number of hydrogen-bond donors (Lipinski definition) is 1. The maximum atomic E-state index is 13.7. The third kappa shape index (κ3) is 3.71. The molecule has 110 valence electrons. The van der Waals surface area contributed by atoms with Gasteiger partial charge in [0.05, 0.1) is 17.1 Å². The van der Waals surface area contributed by atoms with Gasteiger partial charge in [-0.05, 0) is 45.8 Å².